The molecule has 0 bridgehead atoms. The van der Waals surface area contributed by atoms with Gasteiger partial charge in [0.05, 0.1) is 19.3 Å². The Hall–Kier alpha value is -2.27. The molecule has 0 saturated carbocycles. The van der Waals surface area contributed by atoms with Crippen LogP contribution in [0.15, 0.2) is 48.8 Å². The molecule has 1 saturated heterocycles. The molecule has 1 aliphatic heterocycles. The zero-order chi connectivity index (χ0) is 16.8. The summed E-state index contributed by atoms with van der Waals surface area (Å²) in [5, 5.41) is 3.06. The van der Waals surface area contributed by atoms with Crippen LogP contribution in [0, 0.1) is 11.7 Å². The second kappa shape index (κ2) is 8.02. The first-order chi connectivity index (χ1) is 11.7. The van der Waals surface area contributed by atoms with Gasteiger partial charge in [0.2, 0.25) is 5.91 Å². The lowest BCUT2D eigenvalue weighted by Gasteiger charge is -2.19. The third kappa shape index (κ3) is 4.61. The molecule has 2 atom stereocenters. The van der Waals surface area contributed by atoms with E-state index in [0.717, 1.165) is 12.0 Å². The number of ether oxygens (including phenoxy) is 1. The summed E-state index contributed by atoms with van der Waals surface area (Å²) < 4.78 is 18.7. The van der Waals surface area contributed by atoms with Gasteiger partial charge in [0.15, 0.2) is 0 Å². The number of aryl methyl sites for hydroxylation is 1. The number of carbonyl (C=O) groups excluding carboxylic acids is 1. The summed E-state index contributed by atoms with van der Waals surface area (Å²) in [5.74, 6) is -0.0190. The Labute approximate surface area is 141 Å². The monoisotopic (exact) mass is 328 g/mol. The van der Waals surface area contributed by atoms with Crippen molar-refractivity contribution in [1.29, 1.82) is 0 Å². The fourth-order valence-electron chi connectivity index (χ4n) is 3.01. The van der Waals surface area contributed by atoms with E-state index in [4.69, 9.17) is 4.74 Å². The molecular formula is C19H21FN2O2. The van der Waals surface area contributed by atoms with Gasteiger partial charge in [-0.05, 0) is 48.2 Å². The molecule has 0 spiro atoms. The molecule has 24 heavy (non-hydrogen) atoms. The Kier molecular flexibility index (Phi) is 5.54. The summed E-state index contributed by atoms with van der Waals surface area (Å²) in [6, 6.07) is 10.4. The number of amides is 1. The number of nitrogens with one attached hydrogen (secondary N) is 1. The van der Waals surface area contributed by atoms with Crippen molar-refractivity contribution in [2.24, 2.45) is 5.92 Å². The van der Waals surface area contributed by atoms with Gasteiger partial charge in [-0.15, -0.1) is 0 Å². The number of benzene rings is 1. The summed E-state index contributed by atoms with van der Waals surface area (Å²) in [6.07, 6.45) is 5.29. The molecule has 4 nitrogen and oxygen atoms in total. The van der Waals surface area contributed by atoms with E-state index in [9.17, 15) is 9.18 Å². The van der Waals surface area contributed by atoms with Crippen LogP contribution < -0.4 is 5.32 Å². The van der Waals surface area contributed by atoms with Crippen LogP contribution in [0.25, 0.3) is 0 Å². The van der Waals surface area contributed by atoms with Gasteiger partial charge in [-0.3, -0.25) is 9.78 Å². The highest BCUT2D eigenvalue weighted by atomic mass is 19.1. The van der Waals surface area contributed by atoms with Crippen molar-refractivity contribution in [3.63, 3.8) is 0 Å². The maximum absolute atomic E-state index is 13.2. The van der Waals surface area contributed by atoms with Crippen molar-refractivity contribution in [2.45, 2.75) is 25.3 Å². The number of pyridine rings is 1. The van der Waals surface area contributed by atoms with E-state index in [-0.39, 0.29) is 23.7 Å². The molecule has 2 aromatic rings. The molecule has 0 unspecified atom stereocenters. The second-order valence-electron chi connectivity index (χ2n) is 6.16. The second-order valence-corrected chi connectivity index (χ2v) is 6.16. The van der Waals surface area contributed by atoms with E-state index in [0.29, 0.717) is 26.1 Å². The molecule has 3 rings (SSSR count). The number of hydrogen-bond acceptors (Lipinski definition) is 3. The smallest absolute Gasteiger partial charge is 0.220 e. The van der Waals surface area contributed by atoms with Gasteiger partial charge < -0.3 is 10.1 Å². The third-order valence-electron chi connectivity index (χ3n) is 4.32. The van der Waals surface area contributed by atoms with Crippen LogP contribution in [0.5, 0.6) is 0 Å². The summed E-state index contributed by atoms with van der Waals surface area (Å²) in [4.78, 5) is 16.2. The average Bonchev–Trinajstić information content (AvgIpc) is 3.01. The number of aromatic nitrogens is 1. The van der Waals surface area contributed by atoms with Crippen LogP contribution in [0.4, 0.5) is 4.39 Å². The Bertz CT molecular complexity index is 678. The zero-order valence-electron chi connectivity index (χ0n) is 13.5. The minimum Gasteiger partial charge on any atom is -0.379 e. The van der Waals surface area contributed by atoms with Crippen molar-refractivity contribution < 1.29 is 13.9 Å². The van der Waals surface area contributed by atoms with Gasteiger partial charge in [0.1, 0.15) is 5.82 Å². The van der Waals surface area contributed by atoms with E-state index >= 15 is 0 Å². The van der Waals surface area contributed by atoms with Gasteiger partial charge >= 0.3 is 0 Å². The molecule has 0 radical (unpaired) electrons. The number of halogens is 1. The van der Waals surface area contributed by atoms with Gasteiger partial charge in [-0.1, -0.05) is 12.1 Å². The SMILES string of the molecule is O=C(CCc1cccc(F)c1)N[C@H]1COC[C@H]1Cc1ccncc1. The van der Waals surface area contributed by atoms with E-state index in [1.807, 2.05) is 18.2 Å². The number of carbonyl (C=O) groups is 1. The van der Waals surface area contributed by atoms with E-state index in [2.05, 4.69) is 10.3 Å². The average molecular weight is 328 g/mol. The lowest BCUT2D eigenvalue weighted by Crippen LogP contribution is -2.40. The summed E-state index contributed by atoms with van der Waals surface area (Å²) in [6.45, 7) is 1.19. The number of hydrogen-bond donors (Lipinski definition) is 1. The van der Waals surface area contributed by atoms with Gasteiger partial charge in [0, 0.05) is 24.7 Å². The summed E-state index contributed by atoms with van der Waals surface area (Å²) >= 11 is 0. The highest BCUT2D eigenvalue weighted by Crippen LogP contribution is 2.19. The van der Waals surface area contributed by atoms with Crippen LogP contribution in [0.1, 0.15) is 17.5 Å². The van der Waals surface area contributed by atoms with Gasteiger partial charge in [-0.2, -0.15) is 0 Å². The lowest BCUT2D eigenvalue weighted by atomic mass is 9.95. The number of rotatable bonds is 6. The lowest BCUT2D eigenvalue weighted by molar-refractivity contribution is -0.122. The largest absolute Gasteiger partial charge is 0.379 e. The Morgan fingerprint density at radius 2 is 2.04 bits per heavy atom. The molecule has 1 amide bonds. The highest BCUT2D eigenvalue weighted by Gasteiger charge is 2.29. The first kappa shape index (κ1) is 16.6. The predicted octanol–water partition coefficient (Wildman–Crippen LogP) is 2.53. The molecule has 1 aromatic carbocycles. The highest BCUT2D eigenvalue weighted by molar-refractivity contribution is 5.76. The zero-order valence-corrected chi connectivity index (χ0v) is 13.5. The molecule has 126 valence electrons. The fraction of sp³-hybridized carbons (Fsp3) is 0.368. The molecule has 2 heterocycles. The normalized spacial score (nSPS) is 20.0. The maximum Gasteiger partial charge on any atom is 0.220 e. The maximum atomic E-state index is 13.2. The first-order valence-electron chi connectivity index (χ1n) is 8.21. The quantitative estimate of drug-likeness (QED) is 0.886. The minimum absolute atomic E-state index is 0.0190. The van der Waals surface area contributed by atoms with Crippen molar-refractivity contribution in [3.05, 3.63) is 65.7 Å². The van der Waals surface area contributed by atoms with Crippen LogP contribution in [-0.2, 0) is 22.4 Å². The van der Waals surface area contributed by atoms with E-state index < -0.39 is 0 Å². The molecule has 1 aromatic heterocycles. The van der Waals surface area contributed by atoms with Crippen LogP contribution in [0.2, 0.25) is 0 Å². The molecule has 0 aliphatic carbocycles. The van der Waals surface area contributed by atoms with Gasteiger partial charge in [0.25, 0.3) is 0 Å². The van der Waals surface area contributed by atoms with Gasteiger partial charge in [-0.25, -0.2) is 4.39 Å². The summed E-state index contributed by atoms with van der Waals surface area (Å²) in [7, 11) is 0. The van der Waals surface area contributed by atoms with E-state index in [1.54, 1.807) is 18.5 Å². The molecular weight excluding hydrogens is 307 g/mol. The molecule has 1 N–H and O–H groups in total. The van der Waals surface area contributed by atoms with Crippen molar-refractivity contribution in [1.82, 2.24) is 10.3 Å². The van der Waals surface area contributed by atoms with Crippen molar-refractivity contribution in [2.75, 3.05) is 13.2 Å². The standard InChI is InChI=1S/C19H21FN2O2/c20-17-3-1-2-14(11-17)4-5-19(23)22-18-13-24-12-16(18)10-15-6-8-21-9-7-15/h1-3,6-9,11,16,18H,4-5,10,12-13H2,(H,22,23)/t16-,18+/m1/s1. The topological polar surface area (TPSA) is 51.2 Å². The summed E-state index contributed by atoms with van der Waals surface area (Å²) in [5.41, 5.74) is 2.03. The third-order valence-corrected chi connectivity index (χ3v) is 4.32. The molecule has 5 heteroatoms. The van der Waals surface area contributed by atoms with Crippen molar-refractivity contribution >= 4 is 5.91 Å². The Morgan fingerprint density at radius 1 is 1.21 bits per heavy atom. The fourth-order valence-corrected chi connectivity index (χ4v) is 3.01. The molecule has 1 fully saturated rings. The Balaban J connectivity index is 1.49. The van der Waals surface area contributed by atoms with Crippen LogP contribution in [0.3, 0.4) is 0 Å². The predicted molar refractivity (Wildman–Crippen MR) is 88.9 cm³/mol. The van der Waals surface area contributed by atoms with Crippen LogP contribution in [-0.4, -0.2) is 30.1 Å². The number of nitrogens with zero attached hydrogens (tertiary/aromatic N) is 1. The van der Waals surface area contributed by atoms with E-state index in [1.165, 1.54) is 17.7 Å². The van der Waals surface area contributed by atoms with Crippen LogP contribution >= 0.6 is 0 Å². The Morgan fingerprint density at radius 3 is 2.83 bits per heavy atom. The first-order valence-corrected chi connectivity index (χ1v) is 8.21. The minimum atomic E-state index is -0.269. The van der Waals surface area contributed by atoms with Crippen molar-refractivity contribution in [3.8, 4) is 0 Å². The molecule has 1 aliphatic rings.